The molecule has 3 aromatic rings. The maximum absolute atomic E-state index is 13.8. The number of benzene rings is 3. The molecule has 0 radical (unpaired) electrons. The van der Waals surface area contributed by atoms with Gasteiger partial charge >= 0.3 is 5.97 Å². The summed E-state index contributed by atoms with van der Waals surface area (Å²) in [5, 5.41) is 13.6. The van der Waals surface area contributed by atoms with E-state index >= 15 is 0 Å². The van der Waals surface area contributed by atoms with Crippen molar-refractivity contribution in [2.24, 2.45) is 0 Å². The van der Waals surface area contributed by atoms with Gasteiger partial charge in [0, 0.05) is 42.7 Å². The van der Waals surface area contributed by atoms with Crippen LogP contribution in [-0.4, -0.2) is 67.5 Å². The Morgan fingerprint density at radius 2 is 1.74 bits per heavy atom. The number of rotatable bonds is 8. The number of amides is 1. The number of aliphatic carboxylic acids is 1. The van der Waals surface area contributed by atoms with Crippen LogP contribution in [0.3, 0.4) is 0 Å². The van der Waals surface area contributed by atoms with Crippen molar-refractivity contribution in [1.29, 1.82) is 0 Å². The molecule has 0 aromatic heterocycles. The van der Waals surface area contributed by atoms with E-state index < -0.39 is 34.0 Å². The molecule has 1 aliphatic heterocycles. The second-order valence-corrected chi connectivity index (χ2v) is 11.4. The Labute approximate surface area is 209 Å². The SMILES string of the molecule is CN(C)c1cccc2c(S(=O)(=O)N3CSC[C@@H]3C(=O)N[C@@H](Cc3ccccc3)C(=O)O)cccc12. The molecule has 35 heavy (non-hydrogen) atoms. The Morgan fingerprint density at radius 1 is 1.06 bits per heavy atom. The second-order valence-electron chi connectivity index (χ2n) is 8.52. The average Bonchev–Trinajstić information content (AvgIpc) is 3.34. The minimum Gasteiger partial charge on any atom is -0.480 e. The van der Waals surface area contributed by atoms with Crippen LogP contribution >= 0.6 is 11.8 Å². The van der Waals surface area contributed by atoms with E-state index in [0.29, 0.717) is 5.39 Å². The number of carboxylic acids is 1. The minimum absolute atomic E-state index is 0.102. The van der Waals surface area contributed by atoms with Crippen LogP contribution in [0.5, 0.6) is 0 Å². The molecule has 0 aliphatic carbocycles. The normalized spacial score (nSPS) is 17.3. The summed E-state index contributed by atoms with van der Waals surface area (Å²) < 4.78 is 28.7. The van der Waals surface area contributed by atoms with E-state index in [1.165, 1.54) is 16.1 Å². The van der Waals surface area contributed by atoms with Crippen molar-refractivity contribution in [2.75, 3.05) is 30.6 Å². The summed E-state index contributed by atoms with van der Waals surface area (Å²) in [7, 11) is -0.250. The highest BCUT2D eigenvalue weighted by molar-refractivity contribution is 8.00. The standard InChI is InChI=1S/C25H27N3O5S2/c1-27(2)21-12-6-11-19-18(21)10-7-13-23(19)35(32,33)28-16-34-15-22(28)24(29)26-20(25(30)31)14-17-8-4-3-5-9-17/h3-13,20,22H,14-16H2,1-2H3,(H,26,29)(H,30,31)/t20-,22+/m0/s1. The van der Waals surface area contributed by atoms with Gasteiger partial charge in [0.15, 0.2) is 0 Å². The number of carbonyl (C=O) groups is 2. The lowest BCUT2D eigenvalue weighted by Gasteiger charge is -2.25. The summed E-state index contributed by atoms with van der Waals surface area (Å²) >= 11 is 1.32. The zero-order chi connectivity index (χ0) is 25.2. The van der Waals surface area contributed by atoms with Gasteiger partial charge in [0.25, 0.3) is 0 Å². The fourth-order valence-electron chi connectivity index (χ4n) is 4.19. The number of thioether (sulfide) groups is 1. The van der Waals surface area contributed by atoms with Gasteiger partial charge in [0.05, 0.1) is 10.8 Å². The van der Waals surface area contributed by atoms with Gasteiger partial charge in [-0.25, -0.2) is 13.2 Å². The van der Waals surface area contributed by atoms with Gasteiger partial charge in [-0.1, -0.05) is 54.6 Å². The first-order chi connectivity index (χ1) is 16.7. The molecular weight excluding hydrogens is 486 g/mol. The lowest BCUT2D eigenvalue weighted by Crippen LogP contribution is -2.52. The molecular formula is C25H27N3O5S2. The number of fused-ring (bicyclic) bond motifs is 1. The van der Waals surface area contributed by atoms with Gasteiger partial charge in [-0.2, -0.15) is 4.31 Å². The monoisotopic (exact) mass is 513 g/mol. The highest BCUT2D eigenvalue weighted by Crippen LogP contribution is 2.35. The van der Waals surface area contributed by atoms with Crippen molar-refractivity contribution in [3.05, 3.63) is 72.3 Å². The largest absolute Gasteiger partial charge is 0.480 e. The van der Waals surface area contributed by atoms with Gasteiger partial charge in [-0.3, -0.25) is 4.79 Å². The molecule has 10 heteroatoms. The summed E-state index contributed by atoms with van der Waals surface area (Å²) in [6.07, 6.45) is 0.102. The van der Waals surface area contributed by atoms with E-state index in [-0.39, 0.29) is 22.9 Å². The number of nitrogens with one attached hydrogen (secondary N) is 1. The number of sulfonamides is 1. The topological polar surface area (TPSA) is 107 Å². The minimum atomic E-state index is -4.03. The number of hydrogen-bond acceptors (Lipinski definition) is 6. The lowest BCUT2D eigenvalue weighted by molar-refractivity contribution is -0.142. The van der Waals surface area contributed by atoms with Crippen LogP contribution in [0.1, 0.15) is 5.56 Å². The summed E-state index contributed by atoms with van der Waals surface area (Å²) in [4.78, 5) is 27.0. The van der Waals surface area contributed by atoms with Gasteiger partial charge in [0.2, 0.25) is 15.9 Å². The maximum Gasteiger partial charge on any atom is 0.326 e. The third kappa shape index (κ3) is 5.14. The first-order valence-corrected chi connectivity index (χ1v) is 13.7. The van der Waals surface area contributed by atoms with E-state index in [9.17, 15) is 23.1 Å². The summed E-state index contributed by atoms with van der Waals surface area (Å²) in [6, 6.07) is 17.4. The van der Waals surface area contributed by atoms with Crippen molar-refractivity contribution in [2.45, 2.75) is 23.4 Å². The second kappa shape index (κ2) is 10.3. The van der Waals surface area contributed by atoms with Crippen molar-refractivity contribution in [3.63, 3.8) is 0 Å². The Balaban J connectivity index is 1.62. The van der Waals surface area contributed by atoms with E-state index in [2.05, 4.69) is 5.32 Å². The van der Waals surface area contributed by atoms with Crippen LogP contribution in [0.4, 0.5) is 5.69 Å². The van der Waals surface area contributed by atoms with E-state index in [1.807, 2.05) is 37.2 Å². The lowest BCUT2D eigenvalue weighted by atomic mass is 10.1. The molecule has 0 saturated carbocycles. The van der Waals surface area contributed by atoms with Gasteiger partial charge < -0.3 is 15.3 Å². The Hall–Kier alpha value is -3.08. The molecule has 2 N–H and O–H groups in total. The van der Waals surface area contributed by atoms with Crippen molar-refractivity contribution in [1.82, 2.24) is 9.62 Å². The molecule has 1 fully saturated rings. The third-order valence-corrected chi connectivity index (χ3v) is 9.06. The van der Waals surface area contributed by atoms with Crippen molar-refractivity contribution < 1.29 is 23.1 Å². The van der Waals surface area contributed by atoms with E-state index in [4.69, 9.17) is 0 Å². The van der Waals surface area contributed by atoms with Crippen LogP contribution in [0.2, 0.25) is 0 Å². The zero-order valence-corrected chi connectivity index (χ0v) is 21.1. The van der Waals surface area contributed by atoms with Crippen LogP contribution < -0.4 is 10.2 Å². The number of anilines is 1. The zero-order valence-electron chi connectivity index (χ0n) is 19.4. The quantitative estimate of drug-likeness (QED) is 0.477. The number of carboxylic acid groups (broad SMARTS) is 1. The first-order valence-electron chi connectivity index (χ1n) is 11.1. The molecule has 1 amide bonds. The molecule has 4 rings (SSSR count). The van der Waals surface area contributed by atoms with Crippen molar-refractivity contribution >= 4 is 50.1 Å². The van der Waals surface area contributed by atoms with Crippen LogP contribution in [-0.2, 0) is 26.0 Å². The summed E-state index contributed by atoms with van der Waals surface area (Å²) in [6.45, 7) is 0. The molecule has 8 nitrogen and oxygen atoms in total. The Morgan fingerprint density at radius 3 is 2.43 bits per heavy atom. The fraction of sp³-hybridized carbons (Fsp3) is 0.280. The van der Waals surface area contributed by atoms with Crippen LogP contribution in [0.25, 0.3) is 10.8 Å². The van der Waals surface area contributed by atoms with E-state index in [1.54, 1.807) is 48.5 Å². The molecule has 184 valence electrons. The van der Waals surface area contributed by atoms with Crippen molar-refractivity contribution in [3.8, 4) is 0 Å². The summed E-state index contributed by atoms with van der Waals surface area (Å²) in [5.74, 6) is -1.43. The summed E-state index contributed by atoms with van der Waals surface area (Å²) in [5.41, 5.74) is 1.65. The van der Waals surface area contributed by atoms with Gasteiger partial charge in [0.1, 0.15) is 12.1 Å². The molecule has 0 spiro atoms. The van der Waals surface area contributed by atoms with Gasteiger partial charge in [-0.05, 0) is 17.7 Å². The first kappa shape index (κ1) is 25.0. The highest BCUT2D eigenvalue weighted by Gasteiger charge is 2.41. The molecule has 1 heterocycles. The molecule has 3 aromatic carbocycles. The highest BCUT2D eigenvalue weighted by atomic mass is 32.2. The number of carbonyl (C=O) groups excluding carboxylic acids is 1. The Bertz CT molecular complexity index is 1350. The fourth-order valence-corrected chi connectivity index (χ4v) is 7.55. The maximum atomic E-state index is 13.8. The Kier molecular flexibility index (Phi) is 7.34. The molecule has 0 bridgehead atoms. The predicted molar refractivity (Wildman–Crippen MR) is 138 cm³/mol. The van der Waals surface area contributed by atoms with Crippen LogP contribution in [0, 0.1) is 0 Å². The third-order valence-electron chi connectivity index (χ3n) is 5.97. The van der Waals surface area contributed by atoms with E-state index in [0.717, 1.165) is 16.6 Å². The molecule has 1 saturated heterocycles. The van der Waals surface area contributed by atoms with Gasteiger partial charge in [-0.15, -0.1) is 11.8 Å². The molecule has 2 atom stereocenters. The molecule has 0 unspecified atom stereocenters. The molecule has 1 aliphatic rings. The number of hydrogen-bond donors (Lipinski definition) is 2. The number of nitrogens with zero attached hydrogens (tertiary/aromatic N) is 2. The van der Waals surface area contributed by atoms with Crippen LogP contribution in [0.15, 0.2) is 71.6 Å². The smallest absolute Gasteiger partial charge is 0.326 e. The average molecular weight is 514 g/mol. The predicted octanol–water partition coefficient (Wildman–Crippen LogP) is 2.78.